The Morgan fingerprint density at radius 1 is 1.24 bits per heavy atom. The largest absolute Gasteiger partial charge is 0.463 e. The zero-order valence-corrected chi connectivity index (χ0v) is 15.8. The summed E-state index contributed by atoms with van der Waals surface area (Å²) in [6.45, 7) is 3.41. The van der Waals surface area contributed by atoms with Crippen LogP contribution in [0.2, 0.25) is 0 Å². The van der Waals surface area contributed by atoms with Gasteiger partial charge in [-0.3, -0.25) is 0 Å². The summed E-state index contributed by atoms with van der Waals surface area (Å²) in [5.41, 5.74) is 7.46. The lowest BCUT2D eigenvalue weighted by Gasteiger charge is -2.27. The van der Waals surface area contributed by atoms with Crippen molar-refractivity contribution in [3.8, 4) is 17.2 Å². The van der Waals surface area contributed by atoms with E-state index in [1.54, 1.807) is 38.1 Å². The van der Waals surface area contributed by atoms with Gasteiger partial charge in [-0.1, -0.05) is 24.3 Å². The molecule has 0 aromatic heterocycles. The van der Waals surface area contributed by atoms with Crippen LogP contribution in [0.15, 0.2) is 65.3 Å². The fraction of sp³-hybridized carbons (Fsp3) is 0.182. The van der Waals surface area contributed by atoms with Crippen LogP contribution in [0, 0.1) is 23.0 Å². The maximum atomic E-state index is 14.1. The maximum Gasteiger partial charge on any atom is 0.338 e. The fourth-order valence-electron chi connectivity index (χ4n) is 3.27. The van der Waals surface area contributed by atoms with E-state index in [-0.39, 0.29) is 35.0 Å². The molecular formula is C22H18F2N2O3. The summed E-state index contributed by atoms with van der Waals surface area (Å²) in [5, 5.41) is 9.58. The molecule has 0 saturated heterocycles. The van der Waals surface area contributed by atoms with Crippen molar-refractivity contribution in [3.05, 3.63) is 82.5 Å². The second-order valence-electron chi connectivity index (χ2n) is 6.36. The van der Waals surface area contributed by atoms with Crippen LogP contribution in [-0.4, -0.2) is 12.6 Å². The van der Waals surface area contributed by atoms with Crippen LogP contribution in [0.1, 0.15) is 25.3 Å². The minimum atomic E-state index is -0.778. The third-order valence-corrected chi connectivity index (χ3v) is 4.59. The topological polar surface area (TPSA) is 85.3 Å². The van der Waals surface area contributed by atoms with Gasteiger partial charge >= 0.3 is 5.97 Å². The molecule has 148 valence electrons. The molecule has 1 atom stereocenters. The molecule has 0 amide bonds. The number of carbonyl (C=O) groups is 1. The monoisotopic (exact) mass is 396 g/mol. The van der Waals surface area contributed by atoms with Crippen molar-refractivity contribution in [2.24, 2.45) is 5.73 Å². The zero-order chi connectivity index (χ0) is 21.1. The van der Waals surface area contributed by atoms with Crippen molar-refractivity contribution in [1.82, 2.24) is 0 Å². The summed E-state index contributed by atoms with van der Waals surface area (Å²) in [7, 11) is 0. The number of hydrogen-bond acceptors (Lipinski definition) is 5. The lowest BCUT2D eigenvalue weighted by Crippen LogP contribution is -2.25. The Bertz CT molecular complexity index is 1070. The van der Waals surface area contributed by atoms with Gasteiger partial charge in [0.2, 0.25) is 5.88 Å². The Labute approximate surface area is 166 Å². The normalized spacial score (nSPS) is 16.3. The first-order valence-corrected chi connectivity index (χ1v) is 8.88. The molecule has 1 heterocycles. The lowest BCUT2D eigenvalue weighted by molar-refractivity contribution is -0.139. The molecule has 0 bridgehead atoms. The standard InChI is InChI=1S/C22H18F2N2O3/c1-3-28-22(27)19-12(2)29-21(26)17(11-25)20(19)14-6-4-13(5-7-14)16-9-8-15(23)10-18(16)24/h4-10,20H,3,26H2,1-2H3. The Kier molecular flexibility index (Phi) is 5.64. The summed E-state index contributed by atoms with van der Waals surface area (Å²) in [5.74, 6) is -2.57. The highest BCUT2D eigenvalue weighted by atomic mass is 19.1. The molecule has 1 aliphatic rings. The molecule has 2 aromatic carbocycles. The average Bonchev–Trinajstić information content (AvgIpc) is 2.68. The molecule has 5 nitrogen and oxygen atoms in total. The van der Waals surface area contributed by atoms with E-state index in [4.69, 9.17) is 15.2 Å². The number of halogens is 2. The van der Waals surface area contributed by atoms with Gasteiger partial charge in [0.25, 0.3) is 0 Å². The number of benzene rings is 2. The van der Waals surface area contributed by atoms with Crippen LogP contribution >= 0.6 is 0 Å². The van der Waals surface area contributed by atoms with Gasteiger partial charge in [0.15, 0.2) is 0 Å². The van der Waals surface area contributed by atoms with Crippen LogP contribution in [0.3, 0.4) is 0 Å². The number of nitrogens with zero attached hydrogens (tertiary/aromatic N) is 1. The summed E-state index contributed by atoms with van der Waals surface area (Å²) >= 11 is 0. The summed E-state index contributed by atoms with van der Waals surface area (Å²) in [6, 6.07) is 11.9. The molecule has 2 aromatic rings. The van der Waals surface area contributed by atoms with E-state index in [0.717, 1.165) is 6.07 Å². The van der Waals surface area contributed by atoms with Crippen molar-refractivity contribution in [2.75, 3.05) is 6.61 Å². The smallest absolute Gasteiger partial charge is 0.338 e. The van der Waals surface area contributed by atoms with Crippen LogP contribution in [-0.2, 0) is 14.3 Å². The van der Waals surface area contributed by atoms with Crippen molar-refractivity contribution in [1.29, 1.82) is 5.26 Å². The van der Waals surface area contributed by atoms with Gasteiger partial charge in [0.1, 0.15) is 29.0 Å². The van der Waals surface area contributed by atoms with Gasteiger partial charge in [-0.15, -0.1) is 0 Å². The molecule has 7 heteroatoms. The third kappa shape index (κ3) is 3.83. The molecule has 2 N–H and O–H groups in total. The highest BCUT2D eigenvalue weighted by Crippen LogP contribution is 2.40. The molecule has 29 heavy (non-hydrogen) atoms. The highest BCUT2D eigenvalue weighted by molar-refractivity contribution is 5.92. The molecule has 1 unspecified atom stereocenters. The zero-order valence-electron chi connectivity index (χ0n) is 15.8. The summed E-state index contributed by atoms with van der Waals surface area (Å²) in [4.78, 5) is 12.5. The summed E-state index contributed by atoms with van der Waals surface area (Å²) in [6.07, 6.45) is 0. The Morgan fingerprint density at radius 2 is 1.93 bits per heavy atom. The Hall–Kier alpha value is -3.66. The first kappa shape index (κ1) is 20.1. The van der Waals surface area contributed by atoms with E-state index in [2.05, 4.69) is 0 Å². The Balaban J connectivity index is 2.06. The first-order chi connectivity index (χ1) is 13.9. The number of ether oxygens (including phenoxy) is 2. The van der Waals surface area contributed by atoms with Crippen LogP contribution in [0.4, 0.5) is 8.78 Å². The Morgan fingerprint density at radius 3 is 2.52 bits per heavy atom. The SMILES string of the molecule is CCOC(=O)C1=C(C)OC(N)=C(C#N)C1c1ccc(-c2ccc(F)cc2F)cc1. The maximum absolute atomic E-state index is 14.1. The molecule has 0 aliphatic carbocycles. The third-order valence-electron chi connectivity index (χ3n) is 4.59. The van der Waals surface area contributed by atoms with Crippen molar-refractivity contribution in [2.45, 2.75) is 19.8 Å². The minimum absolute atomic E-state index is 0.0827. The minimum Gasteiger partial charge on any atom is -0.463 e. The predicted octanol–water partition coefficient (Wildman–Crippen LogP) is 4.28. The molecule has 0 radical (unpaired) electrons. The second-order valence-corrected chi connectivity index (χ2v) is 6.36. The highest BCUT2D eigenvalue weighted by Gasteiger charge is 2.36. The predicted molar refractivity (Wildman–Crippen MR) is 102 cm³/mol. The number of nitriles is 1. The molecule has 0 fully saturated rings. The van der Waals surface area contributed by atoms with Gasteiger partial charge in [0.05, 0.1) is 18.1 Å². The quantitative estimate of drug-likeness (QED) is 0.780. The van der Waals surface area contributed by atoms with E-state index < -0.39 is 23.5 Å². The lowest BCUT2D eigenvalue weighted by atomic mass is 9.82. The van der Waals surface area contributed by atoms with Crippen molar-refractivity contribution in [3.63, 3.8) is 0 Å². The number of esters is 1. The molecule has 0 saturated carbocycles. The van der Waals surface area contributed by atoms with Gasteiger partial charge in [-0.25, -0.2) is 13.6 Å². The van der Waals surface area contributed by atoms with Gasteiger partial charge in [-0.2, -0.15) is 5.26 Å². The number of hydrogen-bond donors (Lipinski definition) is 1. The van der Waals surface area contributed by atoms with Crippen molar-refractivity contribution >= 4 is 5.97 Å². The number of carbonyl (C=O) groups excluding carboxylic acids is 1. The van der Waals surface area contributed by atoms with E-state index in [1.165, 1.54) is 12.1 Å². The second kappa shape index (κ2) is 8.15. The molecule has 0 spiro atoms. The summed E-state index contributed by atoms with van der Waals surface area (Å²) < 4.78 is 37.7. The molecule has 3 rings (SSSR count). The van der Waals surface area contributed by atoms with E-state index in [1.807, 2.05) is 6.07 Å². The first-order valence-electron chi connectivity index (χ1n) is 8.88. The van der Waals surface area contributed by atoms with Gasteiger partial charge in [0, 0.05) is 11.6 Å². The number of nitrogens with two attached hydrogens (primary N) is 1. The average molecular weight is 396 g/mol. The van der Waals surface area contributed by atoms with Crippen LogP contribution in [0.5, 0.6) is 0 Å². The fourth-order valence-corrected chi connectivity index (χ4v) is 3.27. The van der Waals surface area contributed by atoms with E-state index >= 15 is 0 Å². The van der Waals surface area contributed by atoms with Crippen LogP contribution in [0.25, 0.3) is 11.1 Å². The van der Waals surface area contributed by atoms with Crippen LogP contribution < -0.4 is 5.73 Å². The van der Waals surface area contributed by atoms with E-state index in [9.17, 15) is 18.8 Å². The molecule has 1 aliphatic heterocycles. The number of rotatable bonds is 4. The number of allylic oxidation sites excluding steroid dienone is 2. The molecular weight excluding hydrogens is 378 g/mol. The van der Waals surface area contributed by atoms with Crippen molar-refractivity contribution < 1.29 is 23.0 Å². The van der Waals surface area contributed by atoms with E-state index in [0.29, 0.717) is 11.1 Å². The van der Waals surface area contributed by atoms with Gasteiger partial charge in [-0.05, 0) is 37.1 Å². The van der Waals surface area contributed by atoms with Gasteiger partial charge < -0.3 is 15.2 Å².